The number of hydrogen-bond donors (Lipinski definition) is 1. The van der Waals surface area contributed by atoms with E-state index in [9.17, 15) is 0 Å². The predicted molar refractivity (Wildman–Crippen MR) is 69.6 cm³/mol. The SMILES string of the molecule is CCC1CNC(C(C)C)CN1C1CC=CC1. The highest BCUT2D eigenvalue weighted by Crippen LogP contribution is 2.24. The van der Waals surface area contributed by atoms with Gasteiger partial charge in [0.25, 0.3) is 0 Å². The van der Waals surface area contributed by atoms with Crippen LogP contribution in [0, 0.1) is 5.92 Å². The highest BCUT2D eigenvalue weighted by molar-refractivity contribution is 5.02. The van der Waals surface area contributed by atoms with Crippen molar-refractivity contribution >= 4 is 0 Å². The number of piperazine rings is 1. The van der Waals surface area contributed by atoms with Gasteiger partial charge in [-0.15, -0.1) is 0 Å². The molecular weight excluding hydrogens is 196 g/mol. The summed E-state index contributed by atoms with van der Waals surface area (Å²) in [6.45, 7) is 9.39. The van der Waals surface area contributed by atoms with Crippen molar-refractivity contribution in [2.24, 2.45) is 5.92 Å². The van der Waals surface area contributed by atoms with Crippen LogP contribution in [0.3, 0.4) is 0 Å². The fourth-order valence-corrected chi connectivity index (χ4v) is 2.99. The fourth-order valence-electron chi connectivity index (χ4n) is 2.99. The van der Waals surface area contributed by atoms with Gasteiger partial charge >= 0.3 is 0 Å². The first-order valence-electron chi connectivity index (χ1n) is 6.86. The predicted octanol–water partition coefficient (Wildman–Crippen LogP) is 2.41. The zero-order valence-electron chi connectivity index (χ0n) is 10.9. The lowest BCUT2D eigenvalue weighted by Crippen LogP contribution is -2.60. The molecule has 1 aliphatic carbocycles. The van der Waals surface area contributed by atoms with Gasteiger partial charge in [0.15, 0.2) is 0 Å². The van der Waals surface area contributed by atoms with Gasteiger partial charge in [-0.2, -0.15) is 0 Å². The fraction of sp³-hybridized carbons (Fsp3) is 0.857. The number of hydrogen-bond acceptors (Lipinski definition) is 2. The Labute approximate surface area is 100 Å². The van der Waals surface area contributed by atoms with E-state index < -0.39 is 0 Å². The largest absolute Gasteiger partial charge is 0.311 e. The Hall–Kier alpha value is -0.340. The van der Waals surface area contributed by atoms with Gasteiger partial charge in [0.05, 0.1) is 0 Å². The molecule has 1 saturated heterocycles. The van der Waals surface area contributed by atoms with Crippen molar-refractivity contribution in [1.29, 1.82) is 0 Å². The third-order valence-corrected chi connectivity index (χ3v) is 4.22. The zero-order valence-corrected chi connectivity index (χ0v) is 10.9. The van der Waals surface area contributed by atoms with E-state index in [4.69, 9.17) is 0 Å². The van der Waals surface area contributed by atoms with Gasteiger partial charge < -0.3 is 5.32 Å². The molecule has 0 spiro atoms. The van der Waals surface area contributed by atoms with Crippen molar-refractivity contribution < 1.29 is 0 Å². The first kappa shape index (κ1) is 12.1. The molecule has 2 unspecified atom stereocenters. The molecule has 16 heavy (non-hydrogen) atoms. The molecule has 0 bridgehead atoms. The quantitative estimate of drug-likeness (QED) is 0.738. The second-order valence-electron chi connectivity index (χ2n) is 5.61. The third kappa shape index (κ3) is 2.49. The maximum atomic E-state index is 3.71. The smallest absolute Gasteiger partial charge is 0.0221 e. The van der Waals surface area contributed by atoms with Gasteiger partial charge in [-0.1, -0.05) is 32.9 Å². The van der Waals surface area contributed by atoms with Crippen LogP contribution in [-0.2, 0) is 0 Å². The molecule has 2 heteroatoms. The standard InChI is InChI=1S/C14H26N2/c1-4-12-9-15-14(11(2)3)10-16(12)13-7-5-6-8-13/h5-6,11-15H,4,7-10H2,1-3H3. The number of rotatable bonds is 3. The van der Waals surface area contributed by atoms with Crippen LogP contribution in [0.1, 0.15) is 40.0 Å². The van der Waals surface area contributed by atoms with E-state index in [0.29, 0.717) is 6.04 Å². The molecule has 0 aromatic rings. The van der Waals surface area contributed by atoms with Gasteiger partial charge in [0, 0.05) is 31.2 Å². The van der Waals surface area contributed by atoms with E-state index in [0.717, 1.165) is 18.0 Å². The molecule has 0 amide bonds. The number of nitrogens with zero attached hydrogens (tertiary/aromatic N) is 1. The van der Waals surface area contributed by atoms with Gasteiger partial charge in [-0.25, -0.2) is 0 Å². The Balaban J connectivity index is 1.99. The van der Waals surface area contributed by atoms with Crippen LogP contribution in [-0.4, -0.2) is 36.1 Å². The highest BCUT2D eigenvalue weighted by Gasteiger charge is 2.32. The van der Waals surface area contributed by atoms with Crippen LogP contribution < -0.4 is 5.32 Å². The minimum absolute atomic E-state index is 0.684. The molecule has 2 rings (SSSR count). The summed E-state index contributed by atoms with van der Waals surface area (Å²) in [5, 5.41) is 3.71. The first-order valence-corrected chi connectivity index (χ1v) is 6.86. The Morgan fingerprint density at radius 1 is 1.31 bits per heavy atom. The summed E-state index contributed by atoms with van der Waals surface area (Å²) < 4.78 is 0. The van der Waals surface area contributed by atoms with Crippen molar-refractivity contribution in [3.8, 4) is 0 Å². The van der Waals surface area contributed by atoms with E-state index >= 15 is 0 Å². The summed E-state index contributed by atoms with van der Waals surface area (Å²) in [5.41, 5.74) is 0. The summed E-state index contributed by atoms with van der Waals surface area (Å²) in [5.74, 6) is 0.745. The highest BCUT2D eigenvalue weighted by atomic mass is 15.3. The van der Waals surface area contributed by atoms with Crippen LogP contribution in [0.4, 0.5) is 0 Å². The third-order valence-electron chi connectivity index (χ3n) is 4.22. The minimum Gasteiger partial charge on any atom is -0.311 e. The van der Waals surface area contributed by atoms with Gasteiger partial charge in [0.1, 0.15) is 0 Å². The van der Waals surface area contributed by atoms with Gasteiger partial charge in [-0.05, 0) is 25.2 Å². The van der Waals surface area contributed by atoms with E-state index in [1.165, 1.54) is 32.4 Å². The summed E-state index contributed by atoms with van der Waals surface area (Å²) in [4.78, 5) is 2.77. The molecule has 1 heterocycles. The molecule has 0 aromatic carbocycles. The van der Waals surface area contributed by atoms with Crippen molar-refractivity contribution in [2.45, 2.75) is 58.2 Å². The molecule has 1 fully saturated rings. The maximum Gasteiger partial charge on any atom is 0.0221 e. The lowest BCUT2D eigenvalue weighted by Gasteiger charge is -2.44. The molecule has 1 N–H and O–H groups in total. The second kappa shape index (κ2) is 5.33. The molecule has 2 nitrogen and oxygen atoms in total. The van der Waals surface area contributed by atoms with Crippen LogP contribution in [0.5, 0.6) is 0 Å². The molecule has 1 aliphatic heterocycles. The van der Waals surface area contributed by atoms with Crippen molar-refractivity contribution in [3.05, 3.63) is 12.2 Å². The molecule has 2 atom stereocenters. The first-order chi connectivity index (χ1) is 7.72. The second-order valence-corrected chi connectivity index (χ2v) is 5.61. The Morgan fingerprint density at radius 2 is 2.00 bits per heavy atom. The van der Waals surface area contributed by atoms with Crippen molar-refractivity contribution in [1.82, 2.24) is 10.2 Å². The van der Waals surface area contributed by atoms with Crippen LogP contribution in [0.2, 0.25) is 0 Å². The number of nitrogens with one attached hydrogen (secondary N) is 1. The average molecular weight is 222 g/mol. The molecule has 0 radical (unpaired) electrons. The zero-order chi connectivity index (χ0) is 11.5. The Morgan fingerprint density at radius 3 is 2.56 bits per heavy atom. The molecular formula is C14H26N2. The maximum absolute atomic E-state index is 3.71. The molecule has 2 aliphatic rings. The van der Waals surface area contributed by atoms with Crippen molar-refractivity contribution in [3.63, 3.8) is 0 Å². The summed E-state index contributed by atoms with van der Waals surface area (Å²) in [6, 6.07) is 2.22. The van der Waals surface area contributed by atoms with E-state index in [2.05, 4.69) is 43.1 Å². The molecule has 92 valence electrons. The summed E-state index contributed by atoms with van der Waals surface area (Å²) in [6.07, 6.45) is 8.50. The normalized spacial score (nSPS) is 32.8. The van der Waals surface area contributed by atoms with Crippen LogP contribution in [0.15, 0.2) is 12.2 Å². The van der Waals surface area contributed by atoms with Crippen LogP contribution >= 0.6 is 0 Å². The van der Waals surface area contributed by atoms with E-state index in [1.54, 1.807) is 0 Å². The van der Waals surface area contributed by atoms with Crippen LogP contribution in [0.25, 0.3) is 0 Å². The van der Waals surface area contributed by atoms with Crippen molar-refractivity contribution in [2.75, 3.05) is 13.1 Å². The van der Waals surface area contributed by atoms with E-state index in [-0.39, 0.29) is 0 Å². The summed E-state index contributed by atoms with van der Waals surface area (Å²) in [7, 11) is 0. The summed E-state index contributed by atoms with van der Waals surface area (Å²) >= 11 is 0. The van der Waals surface area contributed by atoms with Gasteiger partial charge in [-0.3, -0.25) is 4.90 Å². The minimum atomic E-state index is 0.684. The topological polar surface area (TPSA) is 15.3 Å². The molecule has 0 saturated carbocycles. The lowest BCUT2D eigenvalue weighted by molar-refractivity contribution is 0.0715. The average Bonchev–Trinajstić information content (AvgIpc) is 2.81. The van der Waals surface area contributed by atoms with Gasteiger partial charge in [0.2, 0.25) is 0 Å². The van der Waals surface area contributed by atoms with E-state index in [1.807, 2.05) is 0 Å². The Kier molecular flexibility index (Phi) is 4.04. The Bertz CT molecular complexity index is 237. The monoisotopic (exact) mass is 222 g/mol. The molecule has 0 aromatic heterocycles. The lowest BCUT2D eigenvalue weighted by atomic mass is 9.96.